The SMILES string of the molecule is Cc1ccc(CC(Br)C2CC2)c([N+](=O)[O-])c1. The van der Waals surface area contributed by atoms with E-state index < -0.39 is 0 Å². The molecule has 0 spiro atoms. The van der Waals surface area contributed by atoms with Gasteiger partial charge in [-0.15, -0.1) is 0 Å². The first kappa shape index (κ1) is 11.6. The van der Waals surface area contributed by atoms with Crippen LogP contribution >= 0.6 is 15.9 Å². The molecule has 3 nitrogen and oxygen atoms in total. The summed E-state index contributed by atoms with van der Waals surface area (Å²) < 4.78 is 0. The summed E-state index contributed by atoms with van der Waals surface area (Å²) in [5, 5.41) is 10.9. The molecule has 0 N–H and O–H groups in total. The predicted molar refractivity (Wildman–Crippen MR) is 67.0 cm³/mol. The number of hydrogen-bond donors (Lipinski definition) is 0. The van der Waals surface area contributed by atoms with Crippen LogP contribution in [0, 0.1) is 23.0 Å². The molecule has 1 aliphatic carbocycles. The second-order valence-corrected chi connectivity index (χ2v) is 5.62. The van der Waals surface area contributed by atoms with Crippen LogP contribution in [0.2, 0.25) is 0 Å². The number of hydrogen-bond acceptors (Lipinski definition) is 2. The van der Waals surface area contributed by atoms with Crippen LogP contribution < -0.4 is 0 Å². The number of nitro benzene ring substituents is 1. The Bertz CT molecular complexity index is 415. The highest BCUT2D eigenvalue weighted by Gasteiger charge is 2.30. The molecule has 1 unspecified atom stereocenters. The minimum Gasteiger partial charge on any atom is -0.258 e. The zero-order valence-electron chi connectivity index (χ0n) is 9.15. The van der Waals surface area contributed by atoms with Crippen LogP contribution in [0.25, 0.3) is 0 Å². The zero-order chi connectivity index (χ0) is 11.7. The standard InChI is InChI=1S/C12H14BrNO2/c1-8-2-3-10(12(6-8)14(15)16)7-11(13)9-4-5-9/h2-3,6,9,11H,4-5,7H2,1H3. The molecule has 1 atom stereocenters. The van der Waals surface area contributed by atoms with Gasteiger partial charge in [0, 0.05) is 16.5 Å². The number of rotatable bonds is 4. The lowest BCUT2D eigenvalue weighted by atomic mass is 10.0. The van der Waals surface area contributed by atoms with Crippen LogP contribution in [-0.2, 0) is 6.42 Å². The second-order valence-electron chi connectivity index (χ2n) is 4.45. The number of benzene rings is 1. The van der Waals surface area contributed by atoms with Gasteiger partial charge in [-0.3, -0.25) is 10.1 Å². The van der Waals surface area contributed by atoms with Gasteiger partial charge in [-0.05, 0) is 37.7 Å². The van der Waals surface area contributed by atoms with E-state index in [4.69, 9.17) is 0 Å². The van der Waals surface area contributed by atoms with E-state index in [0.29, 0.717) is 10.7 Å². The van der Waals surface area contributed by atoms with Crippen LogP contribution in [0.3, 0.4) is 0 Å². The van der Waals surface area contributed by atoms with Crippen molar-refractivity contribution in [2.24, 2.45) is 5.92 Å². The Balaban J connectivity index is 2.21. The Hall–Kier alpha value is -0.900. The van der Waals surface area contributed by atoms with Crippen LogP contribution in [0.4, 0.5) is 5.69 Å². The molecule has 0 aliphatic heterocycles. The smallest absolute Gasteiger partial charge is 0.258 e. The highest BCUT2D eigenvalue weighted by Crippen LogP contribution is 2.39. The van der Waals surface area contributed by atoms with Gasteiger partial charge in [-0.25, -0.2) is 0 Å². The van der Waals surface area contributed by atoms with Crippen molar-refractivity contribution in [1.29, 1.82) is 0 Å². The van der Waals surface area contributed by atoms with Crippen LogP contribution in [0.5, 0.6) is 0 Å². The normalized spacial score (nSPS) is 17.1. The quantitative estimate of drug-likeness (QED) is 0.481. The molecular formula is C12H14BrNO2. The van der Waals surface area contributed by atoms with E-state index in [1.807, 2.05) is 19.1 Å². The minimum atomic E-state index is -0.283. The summed E-state index contributed by atoms with van der Waals surface area (Å²) in [7, 11) is 0. The number of alkyl halides is 1. The van der Waals surface area contributed by atoms with Crippen molar-refractivity contribution >= 4 is 21.6 Å². The first-order valence-electron chi connectivity index (χ1n) is 5.46. The van der Waals surface area contributed by atoms with Gasteiger partial charge < -0.3 is 0 Å². The Kier molecular flexibility index (Phi) is 3.28. The number of nitro groups is 1. The summed E-state index contributed by atoms with van der Waals surface area (Å²) in [5.41, 5.74) is 2.03. The van der Waals surface area contributed by atoms with Gasteiger partial charge in [0.1, 0.15) is 0 Å². The predicted octanol–water partition coefficient (Wildman–Crippen LogP) is 3.62. The van der Waals surface area contributed by atoms with Gasteiger partial charge in [-0.2, -0.15) is 0 Å². The largest absolute Gasteiger partial charge is 0.272 e. The molecule has 86 valence electrons. The molecule has 0 bridgehead atoms. The number of aryl methyl sites for hydroxylation is 1. The fourth-order valence-electron chi connectivity index (χ4n) is 1.85. The van der Waals surface area contributed by atoms with Crippen LogP contribution in [-0.4, -0.2) is 9.75 Å². The summed E-state index contributed by atoms with van der Waals surface area (Å²) in [5.74, 6) is 0.709. The van der Waals surface area contributed by atoms with E-state index in [2.05, 4.69) is 15.9 Å². The van der Waals surface area contributed by atoms with Gasteiger partial charge in [0.05, 0.1) is 4.92 Å². The topological polar surface area (TPSA) is 43.1 Å². The van der Waals surface area contributed by atoms with Crippen LogP contribution in [0.1, 0.15) is 24.0 Å². The van der Waals surface area contributed by atoms with Gasteiger partial charge >= 0.3 is 0 Å². The van der Waals surface area contributed by atoms with Gasteiger partial charge in [-0.1, -0.05) is 28.1 Å². The molecule has 4 heteroatoms. The monoisotopic (exact) mass is 283 g/mol. The van der Waals surface area contributed by atoms with Gasteiger partial charge in [0.15, 0.2) is 0 Å². The molecule has 0 radical (unpaired) electrons. The lowest BCUT2D eigenvalue weighted by Crippen LogP contribution is -2.07. The maximum atomic E-state index is 10.9. The van der Waals surface area contributed by atoms with E-state index in [1.165, 1.54) is 12.8 Å². The molecule has 1 saturated carbocycles. The summed E-state index contributed by atoms with van der Waals surface area (Å²) >= 11 is 3.62. The number of nitrogens with zero attached hydrogens (tertiary/aromatic N) is 1. The highest BCUT2D eigenvalue weighted by atomic mass is 79.9. The lowest BCUT2D eigenvalue weighted by molar-refractivity contribution is -0.385. The molecule has 0 saturated heterocycles. The van der Waals surface area contributed by atoms with Crippen molar-refractivity contribution < 1.29 is 4.92 Å². The second kappa shape index (κ2) is 4.53. The maximum absolute atomic E-state index is 10.9. The zero-order valence-corrected chi connectivity index (χ0v) is 10.7. The lowest BCUT2D eigenvalue weighted by Gasteiger charge is -2.09. The highest BCUT2D eigenvalue weighted by molar-refractivity contribution is 9.09. The fourth-order valence-corrected chi connectivity index (χ4v) is 2.73. The third-order valence-electron chi connectivity index (χ3n) is 2.99. The summed E-state index contributed by atoms with van der Waals surface area (Å²) in [4.78, 5) is 11.0. The van der Waals surface area contributed by atoms with Gasteiger partial charge in [0.2, 0.25) is 0 Å². The molecule has 0 amide bonds. The molecule has 0 heterocycles. The Morgan fingerprint density at radius 3 is 2.81 bits per heavy atom. The summed E-state index contributed by atoms with van der Waals surface area (Å²) in [6, 6.07) is 5.47. The van der Waals surface area contributed by atoms with Crippen molar-refractivity contribution in [2.45, 2.75) is 31.0 Å². The van der Waals surface area contributed by atoms with Crippen molar-refractivity contribution in [1.82, 2.24) is 0 Å². The Morgan fingerprint density at radius 1 is 1.56 bits per heavy atom. The molecular weight excluding hydrogens is 270 g/mol. The average molecular weight is 284 g/mol. The van der Waals surface area contributed by atoms with E-state index in [-0.39, 0.29) is 10.6 Å². The molecule has 1 aromatic rings. The van der Waals surface area contributed by atoms with Crippen molar-refractivity contribution in [3.8, 4) is 0 Å². The van der Waals surface area contributed by atoms with Crippen molar-refractivity contribution in [3.05, 3.63) is 39.4 Å². The minimum absolute atomic E-state index is 0.255. The van der Waals surface area contributed by atoms with Crippen molar-refractivity contribution in [2.75, 3.05) is 0 Å². The van der Waals surface area contributed by atoms with Gasteiger partial charge in [0.25, 0.3) is 5.69 Å². The van der Waals surface area contributed by atoms with E-state index in [9.17, 15) is 10.1 Å². The molecule has 16 heavy (non-hydrogen) atoms. The Labute approximate surface area is 103 Å². The number of halogens is 1. The third-order valence-corrected chi connectivity index (χ3v) is 4.06. The third kappa shape index (κ3) is 2.61. The van der Waals surface area contributed by atoms with E-state index in [1.54, 1.807) is 6.07 Å². The van der Waals surface area contributed by atoms with Crippen molar-refractivity contribution in [3.63, 3.8) is 0 Å². The Morgan fingerprint density at radius 2 is 2.25 bits per heavy atom. The first-order chi connectivity index (χ1) is 7.58. The molecule has 0 aromatic heterocycles. The van der Waals surface area contributed by atoms with Crippen LogP contribution in [0.15, 0.2) is 18.2 Å². The van der Waals surface area contributed by atoms with E-state index in [0.717, 1.165) is 17.5 Å². The molecule has 1 aromatic carbocycles. The fraction of sp³-hybridized carbons (Fsp3) is 0.500. The molecule has 2 rings (SSSR count). The maximum Gasteiger partial charge on any atom is 0.272 e. The van der Waals surface area contributed by atoms with E-state index >= 15 is 0 Å². The molecule has 1 aliphatic rings. The molecule has 1 fully saturated rings. The summed E-state index contributed by atoms with van der Waals surface area (Å²) in [6.07, 6.45) is 3.24. The average Bonchev–Trinajstić information content (AvgIpc) is 3.03. The first-order valence-corrected chi connectivity index (χ1v) is 6.37. The summed E-state index contributed by atoms with van der Waals surface area (Å²) in [6.45, 7) is 1.88.